The Hall–Kier alpha value is -3.35. The third kappa shape index (κ3) is 4.26. The second-order valence-corrected chi connectivity index (χ2v) is 8.05. The maximum absolute atomic E-state index is 13.5. The van der Waals surface area contributed by atoms with Crippen molar-refractivity contribution in [1.82, 2.24) is 4.90 Å². The third-order valence-electron chi connectivity index (χ3n) is 5.84. The Balaban J connectivity index is 1.96. The van der Waals surface area contributed by atoms with E-state index in [2.05, 4.69) is 0 Å². The molecule has 0 bridgehead atoms. The predicted molar refractivity (Wildman–Crippen MR) is 117 cm³/mol. The molecule has 1 unspecified atom stereocenters. The Morgan fingerprint density at radius 3 is 2.00 bits per heavy atom. The predicted octanol–water partition coefficient (Wildman–Crippen LogP) is 3.67. The summed E-state index contributed by atoms with van der Waals surface area (Å²) in [5.41, 5.74) is 0.267. The highest BCUT2D eigenvalue weighted by molar-refractivity contribution is 6.23. The third-order valence-corrected chi connectivity index (χ3v) is 5.84. The van der Waals surface area contributed by atoms with Crippen LogP contribution in [0.3, 0.4) is 0 Å². The Labute approximate surface area is 182 Å². The van der Waals surface area contributed by atoms with Crippen LogP contribution in [-0.2, 0) is 9.59 Å². The van der Waals surface area contributed by atoms with E-state index in [-0.39, 0.29) is 18.2 Å². The molecule has 0 radical (unpaired) electrons. The molecule has 0 N–H and O–H groups in total. The molecule has 0 aliphatic carbocycles. The van der Waals surface area contributed by atoms with Crippen molar-refractivity contribution >= 4 is 23.4 Å². The van der Waals surface area contributed by atoms with Gasteiger partial charge in [-0.3, -0.25) is 14.4 Å². The first-order valence-corrected chi connectivity index (χ1v) is 10.2. The first-order valence-electron chi connectivity index (χ1n) is 10.2. The Morgan fingerprint density at radius 1 is 1.00 bits per heavy atom. The van der Waals surface area contributed by atoms with Crippen molar-refractivity contribution in [2.45, 2.75) is 45.2 Å². The SMILES string of the molecule is CCC(C)(C)N(C(=O)c1ccc(OC)cc1)C1CC(=O)N(c2ccc(OC)cc2)C1=O. The fourth-order valence-corrected chi connectivity index (χ4v) is 3.70. The first kappa shape index (κ1) is 22.3. The molecule has 1 fully saturated rings. The number of ether oxygens (including phenoxy) is 2. The average molecular weight is 424 g/mol. The molecule has 1 aliphatic heterocycles. The minimum absolute atomic E-state index is 0.0593. The lowest BCUT2D eigenvalue weighted by Gasteiger charge is -2.41. The average Bonchev–Trinajstić information content (AvgIpc) is 3.07. The number of anilines is 1. The van der Waals surface area contributed by atoms with Gasteiger partial charge in [-0.2, -0.15) is 0 Å². The van der Waals surface area contributed by atoms with Crippen LogP contribution in [0.25, 0.3) is 0 Å². The summed E-state index contributed by atoms with van der Waals surface area (Å²) < 4.78 is 10.3. The van der Waals surface area contributed by atoms with Gasteiger partial charge >= 0.3 is 0 Å². The van der Waals surface area contributed by atoms with Gasteiger partial charge in [0, 0.05) is 11.1 Å². The zero-order valence-electron chi connectivity index (χ0n) is 18.5. The van der Waals surface area contributed by atoms with E-state index in [0.29, 0.717) is 29.2 Å². The van der Waals surface area contributed by atoms with E-state index in [1.165, 1.54) is 0 Å². The molecule has 0 saturated carbocycles. The standard InChI is InChI=1S/C24H28N2O5/c1-6-24(2,3)26(22(28)16-7-11-18(30-4)12-8-16)20-15-21(27)25(23(20)29)17-9-13-19(31-5)14-10-17/h7-14,20H,6,15H2,1-5H3. The number of nitrogens with zero attached hydrogens (tertiary/aromatic N) is 2. The number of imide groups is 1. The van der Waals surface area contributed by atoms with Crippen LogP contribution in [0.15, 0.2) is 48.5 Å². The molecular weight excluding hydrogens is 396 g/mol. The minimum Gasteiger partial charge on any atom is -0.497 e. The molecule has 7 heteroatoms. The molecule has 1 atom stereocenters. The van der Waals surface area contributed by atoms with Gasteiger partial charge in [0.2, 0.25) is 5.91 Å². The van der Waals surface area contributed by atoms with Crippen LogP contribution in [0.5, 0.6) is 11.5 Å². The van der Waals surface area contributed by atoms with E-state index in [9.17, 15) is 14.4 Å². The quantitative estimate of drug-likeness (QED) is 0.634. The number of amides is 3. The van der Waals surface area contributed by atoms with Crippen molar-refractivity contribution in [2.24, 2.45) is 0 Å². The number of carbonyl (C=O) groups excluding carboxylic acids is 3. The van der Waals surface area contributed by atoms with E-state index in [0.717, 1.165) is 4.90 Å². The van der Waals surface area contributed by atoms with Crippen LogP contribution in [0.4, 0.5) is 5.69 Å². The van der Waals surface area contributed by atoms with Gasteiger partial charge in [-0.25, -0.2) is 4.90 Å². The summed E-state index contributed by atoms with van der Waals surface area (Å²) in [4.78, 5) is 42.4. The second-order valence-electron chi connectivity index (χ2n) is 8.05. The van der Waals surface area contributed by atoms with Gasteiger partial charge in [0.15, 0.2) is 0 Å². The van der Waals surface area contributed by atoms with Crippen LogP contribution in [0.1, 0.15) is 44.0 Å². The van der Waals surface area contributed by atoms with E-state index in [4.69, 9.17) is 9.47 Å². The summed E-state index contributed by atoms with van der Waals surface area (Å²) in [7, 11) is 3.10. The maximum atomic E-state index is 13.5. The van der Waals surface area contributed by atoms with E-state index in [1.54, 1.807) is 67.7 Å². The lowest BCUT2D eigenvalue weighted by Crippen LogP contribution is -2.55. The highest BCUT2D eigenvalue weighted by atomic mass is 16.5. The van der Waals surface area contributed by atoms with Crippen molar-refractivity contribution in [3.05, 3.63) is 54.1 Å². The Morgan fingerprint density at radius 2 is 1.52 bits per heavy atom. The number of hydrogen-bond acceptors (Lipinski definition) is 5. The van der Waals surface area contributed by atoms with Crippen molar-refractivity contribution in [3.63, 3.8) is 0 Å². The molecule has 7 nitrogen and oxygen atoms in total. The molecule has 31 heavy (non-hydrogen) atoms. The van der Waals surface area contributed by atoms with Crippen LogP contribution in [0, 0.1) is 0 Å². The van der Waals surface area contributed by atoms with Gasteiger partial charge < -0.3 is 14.4 Å². The molecule has 0 aromatic heterocycles. The van der Waals surface area contributed by atoms with Crippen molar-refractivity contribution in [1.29, 1.82) is 0 Å². The van der Waals surface area contributed by atoms with Crippen LogP contribution in [-0.4, -0.2) is 48.4 Å². The largest absolute Gasteiger partial charge is 0.497 e. The lowest BCUT2D eigenvalue weighted by atomic mass is 9.94. The van der Waals surface area contributed by atoms with Gasteiger partial charge in [0.25, 0.3) is 11.8 Å². The van der Waals surface area contributed by atoms with E-state index < -0.39 is 17.5 Å². The Kier molecular flexibility index (Phi) is 6.34. The molecule has 1 aliphatic rings. The zero-order chi connectivity index (χ0) is 22.8. The molecule has 2 aromatic carbocycles. The summed E-state index contributed by atoms with van der Waals surface area (Å²) in [6, 6.07) is 12.6. The summed E-state index contributed by atoms with van der Waals surface area (Å²) in [5, 5.41) is 0. The molecule has 2 aromatic rings. The van der Waals surface area contributed by atoms with E-state index >= 15 is 0 Å². The van der Waals surface area contributed by atoms with Gasteiger partial charge in [-0.05, 0) is 68.8 Å². The number of rotatable bonds is 7. The van der Waals surface area contributed by atoms with Gasteiger partial charge in [0.05, 0.1) is 26.3 Å². The summed E-state index contributed by atoms with van der Waals surface area (Å²) in [5.74, 6) is 0.230. The highest BCUT2D eigenvalue weighted by Crippen LogP contribution is 2.33. The first-order chi connectivity index (χ1) is 14.7. The number of methoxy groups -OCH3 is 2. The molecule has 3 rings (SSSR count). The summed E-state index contributed by atoms with van der Waals surface area (Å²) in [6.45, 7) is 5.77. The molecule has 1 heterocycles. The highest BCUT2D eigenvalue weighted by Gasteiger charge is 2.48. The molecule has 0 spiro atoms. The van der Waals surface area contributed by atoms with Crippen LogP contribution in [0.2, 0.25) is 0 Å². The van der Waals surface area contributed by atoms with Crippen LogP contribution >= 0.6 is 0 Å². The second kappa shape index (κ2) is 8.79. The molecule has 164 valence electrons. The molecule has 1 saturated heterocycles. The zero-order valence-corrected chi connectivity index (χ0v) is 18.5. The Bertz CT molecular complexity index is 966. The van der Waals surface area contributed by atoms with E-state index in [1.807, 2.05) is 20.8 Å². The molecule has 3 amide bonds. The molecular formula is C24H28N2O5. The summed E-state index contributed by atoms with van der Waals surface area (Å²) >= 11 is 0. The fraction of sp³-hybridized carbons (Fsp3) is 0.375. The smallest absolute Gasteiger partial charge is 0.257 e. The topological polar surface area (TPSA) is 76.2 Å². The number of hydrogen-bond donors (Lipinski definition) is 0. The van der Waals surface area contributed by atoms with Gasteiger partial charge in [-0.15, -0.1) is 0 Å². The number of benzene rings is 2. The minimum atomic E-state index is -0.876. The maximum Gasteiger partial charge on any atom is 0.257 e. The summed E-state index contributed by atoms with van der Waals surface area (Å²) in [6.07, 6.45) is 0.561. The van der Waals surface area contributed by atoms with Crippen molar-refractivity contribution < 1.29 is 23.9 Å². The lowest BCUT2D eigenvalue weighted by molar-refractivity contribution is -0.123. The monoisotopic (exact) mass is 424 g/mol. The van der Waals surface area contributed by atoms with Gasteiger partial charge in [-0.1, -0.05) is 6.92 Å². The van der Waals surface area contributed by atoms with Crippen LogP contribution < -0.4 is 14.4 Å². The number of carbonyl (C=O) groups is 3. The fourth-order valence-electron chi connectivity index (χ4n) is 3.70. The van der Waals surface area contributed by atoms with Crippen molar-refractivity contribution in [3.8, 4) is 11.5 Å². The van der Waals surface area contributed by atoms with Crippen molar-refractivity contribution in [2.75, 3.05) is 19.1 Å². The normalized spacial score (nSPS) is 16.4. The van der Waals surface area contributed by atoms with Gasteiger partial charge in [0.1, 0.15) is 17.5 Å².